The quantitative estimate of drug-likeness (QED) is 0.741. The Morgan fingerprint density at radius 2 is 1.96 bits per heavy atom. The van der Waals surface area contributed by atoms with Crippen LogP contribution in [0.4, 0.5) is 5.82 Å². The summed E-state index contributed by atoms with van der Waals surface area (Å²) in [5, 5.41) is 10.3. The van der Waals surface area contributed by atoms with Crippen molar-refractivity contribution >= 4 is 23.3 Å². The lowest BCUT2D eigenvalue weighted by Crippen LogP contribution is -2.22. The van der Waals surface area contributed by atoms with Crippen LogP contribution in [0.3, 0.4) is 0 Å². The molecule has 2 aromatic carbocycles. The lowest BCUT2D eigenvalue weighted by molar-refractivity contribution is -0.116. The van der Waals surface area contributed by atoms with E-state index < -0.39 is 0 Å². The summed E-state index contributed by atoms with van der Waals surface area (Å²) < 4.78 is 5.81. The number of halogens is 1. The van der Waals surface area contributed by atoms with Crippen LogP contribution in [-0.4, -0.2) is 16.1 Å². The molecule has 0 saturated heterocycles. The lowest BCUT2D eigenvalue weighted by atomic mass is 9.87. The van der Waals surface area contributed by atoms with Crippen molar-refractivity contribution in [1.29, 1.82) is 0 Å². The van der Waals surface area contributed by atoms with E-state index in [0.717, 1.165) is 22.4 Å². The standard InChI is InChI=1S/C19H16ClN3O2/c20-17-4-2-1-3-13(17)11-25-14-7-5-12(6-8-14)15-9-18(24)22-19-16(15)10-21-23-19/h1-8,10,15H,9,11H2,(H2,21,22,23,24)/t15-/m1/s1. The molecule has 1 amide bonds. The van der Waals surface area contributed by atoms with Crippen molar-refractivity contribution in [3.63, 3.8) is 0 Å². The molecule has 0 bridgehead atoms. The molecule has 3 aromatic rings. The van der Waals surface area contributed by atoms with Crippen molar-refractivity contribution in [1.82, 2.24) is 10.2 Å². The van der Waals surface area contributed by atoms with Gasteiger partial charge in [0, 0.05) is 28.5 Å². The number of aromatic amines is 1. The topological polar surface area (TPSA) is 67.0 Å². The second-order valence-electron chi connectivity index (χ2n) is 5.95. The van der Waals surface area contributed by atoms with Crippen LogP contribution in [0.2, 0.25) is 5.02 Å². The Bertz CT molecular complexity index is 905. The Balaban J connectivity index is 1.50. The minimum Gasteiger partial charge on any atom is -0.489 e. The number of nitrogens with zero attached hydrogens (tertiary/aromatic N) is 1. The number of hydrogen-bond acceptors (Lipinski definition) is 3. The average molecular weight is 354 g/mol. The van der Waals surface area contributed by atoms with Gasteiger partial charge in [-0.25, -0.2) is 0 Å². The molecule has 0 fully saturated rings. The summed E-state index contributed by atoms with van der Waals surface area (Å²) in [6, 6.07) is 15.4. The maximum atomic E-state index is 11.9. The van der Waals surface area contributed by atoms with Crippen LogP contribution in [0, 0.1) is 0 Å². The smallest absolute Gasteiger partial charge is 0.226 e. The number of hydrogen-bond donors (Lipinski definition) is 2. The van der Waals surface area contributed by atoms with E-state index in [-0.39, 0.29) is 11.8 Å². The van der Waals surface area contributed by atoms with E-state index in [9.17, 15) is 4.79 Å². The highest BCUT2D eigenvalue weighted by atomic mass is 35.5. The van der Waals surface area contributed by atoms with Crippen LogP contribution in [0.15, 0.2) is 54.7 Å². The molecule has 0 unspecified atom stereocenters. The number of ether oxygens (including phenoxy) is 1. The number of anilines is 1. The molecule has 126 valence electrons. The molecule has 0 aliphatic carbocycles. The first-order valence-corrected chi connectivity index (χ1v) is 8.38. The largest absolute Gasteiger partial charge is 0.489 e. The Morgan fingerprint density at radius 1 is 1.16 bits per heavy atom. The number of amides is 1. The van der Waals surface area contributed by atoms with Gasteiger partial charge in [-0.15, -0.1) is 0 Å². The summed E-state index contributed by atoms with van der Waals surface area (Å²) in [6.07, 6.45) is 2.17. The van der Waals surface area contributed by atoms with Gasteiger partial charge in [-0.3, -0.25) is 9.89 Å². The Morgan fingerprint density at radius 3 is 2.76 bits per heavy atom. The molecule has 2 heterocycles. The molecule has 1 aromatic heterocycles. The fraction of sp³-hybridized carbons (Fsp3) is 0.158. The molecule has 1 aliphatic heterocycles. The van der Waals surface area contributed by atoms with Gasteiger partial charge in [-0.1, -0.05) is 41.9 Å². The highest BCUT2D eigenvalue weighted by molar-refractivity contribution is 6.31. The highest BCUT2D eigenvalue weighted by Crippen LogP contribution is 2.36. The van der Waals surface area contributed by atoms with E-state index in [1.54, 1.807) is 6.20 Å². The van der Waals surface area contributed by atoms with Crippen molar-refractivity contribution in [3.05, 3.63) is 76.4 Å². The molecule has 1 aliphatic rings. The second-order valence-corrected chi connectivity index (χ2v) is 6.36. The van der Waals surface area contributed by atoms with Gasteiger partial charge in [0.2, 0.25) is 5.91 Å². The van der Waals surface area contributed by atoms with Gasteiger partial charge in [0.15, 0.2) is 0 Å². The molecular weight excluding hydrogens is 338 g/mol. The van der Waals surface area contributed by atoms with Crippen LogP contribution in [0.25, 0.3) is 0 Å². The molecule has 0 spiro atoms. The number of aromatic nitrogens is 2. The molecule has 1 atom stereocenters. The molecule has 0 saturated carbocycles. The number of H-pyrrole nitrogens is 1. The normalized spacial score (nSPS) is 16.2. The third-order valence-corrected chi connectivity index (χ3v) is 4.70. The molecule has 4 rings (SSSR count). The molecular formula is C19H16ClN3O2. The minimum atomic E-state index is -0.0132. The van der Waals surface area contributed by atoms with Gasteiger partial charge < -0.3 is 10.1 Å². The second kappa shape index (κ2) is 6.61. The average Bonchev–Trinajstić information content (AvgIpc) is 3.09. The number of rotatable bonds is 4. The van der Waals surface area contributed by atoms with E-state index in [1.165, 1.54) is 0 Å². The summed E-state index contributed by atoms with van der Waals surface area (Å²) in [7, 11) is 0. The predicted octanol–water partition coefficient (Wildman–Crippen LogP) is 4.12. The predicted molar refractivity (Wildman–Crippen MR) is 95.9 cm³/mol. The molecule has 0 radical (unpaired) electrons. The Labute approximate surface area is 150 Å². The van der Waals surface area contributed by atoms with Crippen LogP contribution >= 0.6 is 11.6 Å². The van der Waals surface area contributed by atoms with Crippen molar-refractivity contribution in [2.45, 2.75) is 18.9 Å². The van der Waals surface area contributed by atoms with E-state index in [2.05, 4.69) is 15.5 Å². The van der Waals surface area contributed by atoms with Gasteiger partial charge in [0.25, 0.3) is 0 Å². The highest BCUT2D eigenvalue weighted by Gasteiger charge is 2.27. The van der Waals surface area contributed by atoms with E-state index in [0.29, 0.717) is 23.9 Å². The third kappa shape index (κ3) is 3.23. The zero-order chi connectivity index (χ0) is 17.2. The first-order valence-electron chi connectivity index (χ1n) is 8.00. The first kappa shape index (κ1) is 15.7. The molecule has 6 heteroatoms. The van der Waals surface area contributed by atoms with Crippen LogP contribution < -0.4 is 10.1 Å². The van der Waals surface area contributed by atoms with Gasteiger partial charge in [-0.05, 0) is 23.8 Å². The third-order valence-electron chi connectivity index (χ3n) is 4.33. The Kier molecular flexibility index (Phi) is 4.15. The summed E-state index contributed by atoms with van der Waals surface area (Å²) in [5.74, 6) is 1.43. The van der Waals surface area contributed by atoms with E-state index >= 15 is 0 Å². The van der Waals surface area contributed by atoms with Crippen molar-refractivity contribution in [2.75, 3.05) is 5.32 Å². The van der Waals surface area contributed by atoms with Crippen molar-refractivity contribution in [3.8, 4) is 5.75 Å². The number of benzene rings is 2. The fourth-order valence-corrected chi connectivity index (χ4v) is 3.21. The minimum absolute atomic E-state index is 0.000109. The maximum Gasteiger partial charge on any atom is 0.226 e. The van der Waals surface area contributed by atoms with Crippen LogP contribution in [0.5, 0.6) is 5.75 Å². The molecule has 2 N–H and O–H groups in total. The van der Waals surface area contributed by atoms with Crippen LogP contribution in [-0.2, 0) is 11.4 Å². The zero-order valence-corrected chi connectivity index (χ0v) is 14.1. The van der Waals surface area contributed by atoms with Crippen molar-refractivity contribution < 1.29 is 9.53 Å². The first-order chi connectivity index (χ1) is 12.2. The van der Waals surface area contributed by atoms with E-state index in [4.69, 9.17) is 16.3 Å². The lowest BCUT2D eigenvalue weighted by Gasteiger charge is -2.22. The Hall–Kier alpha value is -2.79. The van der Waals surface area contributed by atoms with Gasteiger partial charge >= 0.3 is 0 Å². The van der Waals surface area contributed by atoms with Gasteiger partial charge in [-0.2, -0.15) is 5.10 Å². The zero-order valence-electron chi connectivity index (χ0n) is 13.3. The van der Waals surface area contributed by atoms with Gasteiger partial charge in [0.05, 0.1) is 6.20 Å². The maximum absolute atomic E-state index is 11.9. The number of carbonyl (C=O) groups is 1. The number of carbonyl (C=O) groups excluding carboxylic acids is 1. The van der Waals surface area contributed by atoms with Gasteiger partial charge in [0.1, 0.15) is 18.2 Å². The summed E-state index contributed by atoms with van der Waals surface area (Å²) in [6.45, 7) is 0.413. The molecule has 5 nitrogen and oxygen atoms in total. The summed E-state index contributed by atoms with van der Waals surface area (Å²) >= 11 is 6.14. The number of nitrogens with one attached hydrogen (secondary N) is 2. The summed E-state index contributed by atoms with van der Waals surface area (Å²) in [5.41, 5.74) is 3.01. The monoisotopic (exact) mass is 353 g/mol. The SMILES string of the molecule is O=C1C[C@H](c2ccc(OCc3ccccc3Cl)cc2)c2cn[nH]c2N1. The number of fused-ring (bicyclic) bond motifs is 1. The fourth-order valence-electron chi connectivity index (χ4n) is 3.02. The van der Waals surface area contributed by atoms with Crippen molar-refractivity contribution in [2.24, 2.45) is 0 Å². The van der Waals surface area contributed by atoms with E-state index in [1.807, 2.05) is 48.5 Å². The van der Waals surface area contributed by atoms with Crippen LogP contribution in [0.1, 0.15) is 29.0 Å². The summed E-state index contributed by atoms with van der Waals surface area (Å²) in [4.78, 5) is 11.9. The molecule has 25 heavy (non-hydrogen) atoms.